The van der Waals surface area contributed by atoms with Crippen LogP contribution in [0.15, 0.2) is 23.8 Å². The number of aliphatic hydroxyl groups is 1. The summed E-state index contributed by atoms with van der Waals surface area (Å²) in [6.07, 6.45) is 14.2. The normalized spacial score (nSPS) is 18.5. The van der Waals surface area contributed by atoms with Crippen LogP contribution in [-0.4, -0.2) is 11.7 Å². The van der Waals surface area contributed by atoms with Crippen LogP contribution in [0.25, 0.3) is 0 Å². The average Bonchev–Trinajstić information content (AvgIpc) is 2.19. The van der Waals surface area contributed by atoms with Crippen LogP contribution in [0, 0.1) is 5.41 Å². The van der Waals surface area contributed by atoms with Gasteiger partial charge in [0.05, 0.1) is 0 Å². The fourth-order valence-electron chi connectivity index (χ4n) is 1.99. The fourth-order valence-corrected chi connectivity index (χ4v) is 1.99. The summed E-state index contributed by atoms with van der Waals surface area (Å²) in [5.74, 6) is 0. The minimum Gasteiger partial charge on any atom is -0.396 e. The number of hydrogen-bond acceptors (Lipinski definition) is 1. The highest BCUT2D eigenvalue weighted by Crippen LogP contribution is 2.24. The van der Waals surface area contributed by atoms with Gasteiger partial charge in [-0.15, -0.1) is 0 Å². The second kappa shape index (κ2) is 6.12. The third kappa shape index (κ3) is 5.17. The van der Waals surface area contributed by atoms with Gasteiger partial charge in [0.1, 0.15) is 0 Å². The Balaban J connectivity index is 2.42. The molecular formula is C14H24O. The molecule has 1 rings (SSSR count). The monoisotopic (exact) mass is 208 g/mol. The SMILES string of the molecule is CC(C)(C=CC=C1CCCCC1)CCO. The molecule has 0 amide bonds. The molecule has 0 aromatic heterocycles. The number of rotatable bonds is 4. The summed E-state index contributed by atoms with van der Waals surface area (Å²) in [6, 6.07) is 0. The second-order valence-electron chi connectivity index (χ2n) is 5.21. The Bertz CT molecular complexity index is 228. The third-order valence-corrected chi connectivity index (χ3v) is 3.13. The molecule has 1 fully saturated rings. The van der Waals surface area contributed by atoms with Crippen LogP contribution >= 0.6 is 0 Å². The number of hydrogen-bond donors (Lipinski definition) is 1. The Kier molecular flexibility index (Phi) is 5.10. The summed E-state index contributed by atoms with van der Waals surface area (Å²) >= 11 is 0. The summed E-state index contributed by atoms with van der Waals surface area (Å²) in [5.41, 5.74) is 1.72. The smallest absolute Gasteiger partial charge is 0.0439 e. The first-order valence-corrected chi connectivity index (χ1v) is 6.12. The van der Waals surface area contributed by atoms with E-state index in [1.54, 1.807) is 5.57 Å². The molecule has 15 heavy (non-hydrogen) atoms. The Labute approximate surface area is 93.9 Å². The molecule has 0 unspecified atom stereocenters. The van der Waals surface area contributed by atoms with Crippen LogP contribution in [0.3, 0.4) is 0 Å². The van der Waals surface area contributed by atoms with E-state index in [0.717, 1.165) is 6.42 Å². The van der Waals surface area contributed by atoms with Crippen molar-refractivity contribution in [2.45, 2.75) is 52.4 Å². The molecule has 0 saturated heterocycles. The molecule has 0 aromatic rings. The molecule has 0 spiro atoms. The lowest BCUT2D eigenvalue weighted by molar-refractivity contribution is 0.241. The largest absolute Gasteiger partial charge is 0.396 e. The van der Waals surface area contributed by atoms with Crippen molar-refractivity contribution in [1.29, 1.82) is 0 Å². The molecule has 1 N–H and O–H groups in total. The van der Waals surface area contributed by atoms with Gasteiger partial charge in [-0.05, 0) is 37.5 Å². The van der Waals surface area contributed by atoms with E-state index in [1.807, 2.05) is 0 Å². The molecule has 0 bridgehead atoms. The molecule has 1 aliphatic carbocycles. The maximum Gasteiger partial charge on any atom is 0.0439 e. The molecule has 0 radical (unpaired) electrons. The standard InChI is InChI=1S/C14H24O/c1-14(2,11-12-15)10-6-9-13-7-4-3-5-8-13/h6,9-10,15H,3-5,7-8,11-12H2,1-2H3. The van der Waals surface area contributed by atoms with Crippen LogP contribution in [0.1, 0.15) is 52.4 Å². The van der Waals surface area contributed by atoms with Gasteiger partial charge in [0.25, 0.3) is 0 Å². The summed E-state index contributed by atoms with van der Waals surface area (Å²) < 4.78 is 0. The highest BCUT2D eigenvalue weighted by molar-refractivity contribution is 5.15. The summed E-state index contributed by atoms with van der Waals surface area (Å²) in [5, 5.41) is 8.90. The van der Waals surface area contributed by atoms with Gasteiger partial charge in [0.2, 0.25) is 0 Å². The zero-order valence-corrected chi connectivity index (χ0v) is 10.1. The van der Waals surface area contributed by atoms with Crippen molar-refractivity contribution in [2.75, 3.05) is 6.61 Å². The van der Waals surface area contributed by atoms with E-state index in [0.29, 0.717) is 0 Å². The first-order valence-electron chi connectivity index (χ1n) is 6.12. The second-order valence-corrected chi connectivity index (χ2v) is 5.21. The van der Waals surface area contributed by atoms with Crippen LogP contribution < -0.4 is 0 Å². The van der Waals surface area contributed by atoms with Crippen LogP contribution in [-0.2, 0) is 0 Å². The lowest BCUT2D eigenvalue weighted by atomic mass is 9.88. The van der Waals surface area contributed by atoms with Crippen molar-refractivity contribution >= 4 is 0 Å². The van der Waals surface area contributed by atoms with Crippen molar-refractivity contribution in [3.05, 3.63) is 23.8 Å². The highest BCUT2D eigenvalue weighted by atomic mass is 16.3. The summed E-state index contributed by atoms with van der Waals surface area (Å²) in [4.78, 5) is 0. The predicted octanol–water partition coefficient (Wildman–Crippen LogP) is 3.84. The lowest BCUT2D eigenvalue weighted by Crippen LogP contribution is -2.09. The Morgan fingerprint density at radius 1 is 1.20 bits per heavy atom. The van der Waals surface area contributed by atoms with Crippen LogP contribution in [0.4, 0.5) is 0 Å². The van der Waals surface area contributed by atoms with E-state index in [1.165, 1.54) is 32.1 Å². The highest BCUT2D eigenvalue weighted by Gasteiger charge is 2.11. The van der Waals surface area contributed by atoms with Gasteiger partial charge in [-0.3, -0.25) is 0 Å². The Hall–Kier alpha value is -0.560. The molecule has 1 aliphatic rings. The molecular weight excluding hydrogens is 184 g/mol. The molecule has 1 heteroatoms. The van der Waals surface area contributed by atoms with Crippen molar-refractivity contribution in [3.8, 4) is 0 Å². The first kappa shape index (κ1) is 12.5. The van der Waals surface area contributed by atoms with Gasteiger partial charge in [0, 0.05) is 6.61 Å². The zero-order valence-electron chi connectivity index (χ0n) is 10.1. The topological polar surface area (TPSA) is 20.2 Å². The molecule has 0 atom stereocenters. The van der Waals surface area contributed by atoms with Crippen molar-refractivity contribution in [3.63, 3.8) is 0 Å². The van der Waals surface area contributed by atoms with Gasteiger partial charge in [-0.2, -0.15) is 0 Å². The van der Waals surface area contributed by atoms with E-state index >= 15 is 0 Å². The molecule has 0 aromatic carbocycles. The van der Waals surface area contributed by atoms with Gasteiger partial charge in [-0.1, -0.05) is 44.1 Å². The van der Waals surface area contributed by atoms with Gasteiger partial charge >= 0.3 is 0 Å². The minimum atomic E-state index is 0.125. The third-order valence-electron chi connectivity index (χ3n) is 3.13. The average molecular weight is 208 g/mol. The number of aliphatic hydroxyl groups excluding tert-OH is 1. The maximum atomic E-state index is 8.90. The van der Waals surface area contributed by atoms with Crippen molar-refractivity contribution in [1.82, 2.24) is 0 Å². The Morgan fingerprint density at radius 2 is 1.87 bits per heavy atom. The number of allylic oxidation sites excluding steroid dienone is 4. The van der Waals surface area contributed by atoms with Gasteiger partial charge < -0.3 is 5.11 Å². The molecule has 0 aliphatic heterocycles. The van der Waals surface area contributed by atoms with Crippen molar-refractivity contribution in [2.24, 2.45) is 5.41 Å². The molecule has 1 nitrogen and oxygen atoms in total. The van der Waals surface area contributed by atoms with E-state index in [9.17, 15) is 0 Å². The van der Waals surface area contributed by atoms with E-state index in [2.05, 4.69) is 32.1 Å². The lowest BCUT2D eigenvalue weighted by Gasteiger charge is -2.18. The van der Waals surface area contributed by atoms with Crippen molar-refractivity contribution < 1.29 is 5.11 Å². The molecule has 86 valence electrons. The predicted molar refractivity (Wildman–Crippen MR) is 65.8 cm³/mol. The molecule has 1 saturated carbocycles. The van der Waals surface area contributed by atoms with E-state index in [4.69, 9.17) is 5.11 Å². The maximum absolute atomic E-state index is 8.90. The molecule has 0 heterocycles. The zero-order chi connectivity index (χ0) is 11.1. The van der Waals surface area contributed by atoms with Crippen LogP contribution in [0.5, 0.6) is 0 Å². The fraction of sp³-hybridized carbons (Fsp3) is 0.714. The quantitative estimate of drug-likeness (QED) is 0.744. The van der Waals surface area contributed by atoms with E-state index < -0.39 is 0 Å². The van der Waals surface area contributed by atoms with E-state index in [-0.39, 0.29) is 12.0 Å². The summed E-state index contributed by atoms with van der Waals surface area (Å²) in [6.45, 7) is 4.60. The summed E-state index contributed by atoms with van der Waals surface area (Å²) in [7, 11) is 0. The minimum absolute atomic E-state index is 0.125. The Morgan fingerprint density at radius 3 is 2.47 bits per heavy atom. The first-order chi connectivity index (χ1) is 7.14. The van der Waals surface area contributed by atoms with Gasteiger partial charge in [-0.25, -0.2) is 0 Å². The van der Waals surface area contributed by atoms with Crippen LogP contribution in [0.2, 0.25) is 0 Å². The van der Waals surface area contributed by atoms with Gasteiger partial charge in [0.15, 0.2) is 0 Å².